The van der Waals surface area contributed by atoms with Crippen molar-refractivity contribution >= 4 is 5.82 Å². The molecule has 1 aliphatic heterocycles. The third-order valence-corrected chi connectivity index (χ3v) is 3.78. The van der Waals surface area contributed by atoms with Crippen molar-refractivity contribution in [2.45, 2.75) is 38.0 Å². The van der Waals surface area contributed by atoms with Gasteiger partial charge in [0.1, 0.15) is 5.82 Å². The second-order valence-corrected chi connectivity index (χ2v) is 5.27. The van der Waals surface area contributed by atoms with E-state index in [0.717, 1.165) is 37.9 Å². The molecule has 1 saturated heterocycles. The molecule has 2 aliphatic rings. The number of methoxy groups -OCH3 is 1. The van der Waals surface area contributed by atoms with Crippen LogP contribution in [0.2, 0.25) is 0 Å². The molecule has 1 saturated carbocycles. The molecule has 0 amide bonds. The normalized spacial score (nSPS) is 23.6. The topological polar surface area (TPSA) is 37.4 Å². The van der Waals surface area contributed by atoms with Gasteiger partial charge in [0.25, 0.3) is 0 Å². The molecule has 2 heterocycles. The van der Waals surface area contributed by atoms with Gasteiger partial charge in [0.2, 0.25) is 0 Å². The molecule has 98 valence electrons. The number of rotatable bonds is 5. The molecule has 1 unspecified atom stereocenters. The molecular formula is C14H21N3O. The Morgan fingerprint density at radius 2 is 2.28 bits per heavy atom. The van der Waals surface area contributed by atoms with Crippen LogP contribution in [0.15, 0.2) is 18.3 Å². The van der Waals surface area contributed by atoms with Gasteiger partial charge >= 0.3 is 0 Å². The Bertz CT molecular complexity index is 389. The highest BCUT2D eigenvalue weighted by atomic mass is 16.5. The maximum Gasteiger partial charge on any atom is 0.128 e. The maximum atomic E-state index is 5.38. The van der Waals surface area contributed by atoms with E-state index >= 15 is 0 Å². The predicted octanol–water partition coefficient (Wildman–Crippen LogP) is 1.56. The van der Waals surface area contributed by atoms with Crippen molar-refractivity contribution in [2.75, 3.05) is 25.1 Å². The zero-order valence-electron chi connectivity index (χ0n) is 10.9. The molecule has 1 aromatic heterocycles. The van der Waals surface area contributed by atoms with E-state index in [1.165, 1.54) is 18.4 Å². The number of nitrogens with zero attached hydrogens (tertiary/aromatic N) is 2. The summed E-state index contributed by atoms with van der Waals surface area (Å²) in [6, 6.07) is 5.06. The van der Waals surface area contributed by atoms with Gasteiger partial charge in [-0.15, -0.1) is 0 Å². The van der Waals surface area contributed by atoms with Crippen LogP contribution >= 0.6 is 0 Å². The smallest absolute Gasteiger partial charge is 0.128 e. The second kappa shape index (κ2) is 5.24. The van der Waals surface area contributed by atoms with Crippen LogP contribution in [-0.2, 0) is 11.3 Å². The van der Waals surface area contributed by atoms with Gasteiger partial charge < -0.3 is 15.0 Å². The van der Waals surface area contributed by atoms with E-state index in [1.807, 2.05) is 6.20 Å². The zero-order chi connectivity index (χ0) is 12.4. The minimum atomic E-state index is 0.364. The molecule has 0 aromatic carbocycles. The monoisotopic (exact) mass is 247 g/mol. The Hall–Kier alpha value is -1.13. The summed E-state index contributed by atoms with van der Waals surface area (Å²) in [5.74, 6) is 1.07. The molecule has 2 fully saturated rings. The van der Waals surface area contributed by atoms with E-state index in [2.05, 4.69) is 27.3 Å². The fraction of sp³-hybridized carbons (Fsp3) is 0.643. The van der Waals surface area contributed by atoms with Crippen LogP contribution in [0.25, 0.3) is 0 Å². The van der Waals surface area contributed by atoms with Crippen molar-refractivity contribution in [3.8, 4) is 0 Å². The number of anilines is 1. The molecular weight excluding hydrogens is 226 g/mol. The van der Waals surface area contributed by atoms with Crippen molar-refractivity contribution in [3.05, 3.63) is 23.9 Å². The molecule has 4 heteroatoms. The van der Waals surface area contributed by atoms with Crippen molar-refractivity contribution in [1.82, 2.24) is 10.3 Å². The Morgan fingerprint density at radius 3 is 2.89 bits per heavy atom. The van der Waals surface area contributed by atoms with Crippen molar-refractivity contribution in [3.63, 3.8) is 0 Å². The number of aromatic nitrogens is 1. The quantitative estimate of drug-likeness (QED) is 0.857. The Balaban J connectivity index is 1.56. The average Bonchev–Trinajstić information content (AvgIpc) is 3.12. The summed E-state index contributed by atoms with van der Waals surface area (Å²) in [5, 5.41) is 3.50. The number of hydrogen-bond donors (Lipinski definition) is 1. The van der Waals surface area contributed by atoms with Gasteiger partial charge in [-0.3, -0.25) is 0 Å². The van der Waals surface area contributed by atoms with Gasteiger partial charge in [-0.2, -0.15) is 0 Å². The van der Waals surface area contributed by atoms with Crippen LogP contribution in [-0.4, -0.2) is 37.3 Å². The van der Waals surface area contributed by atoms with Crippen LogP contribution < -0.4 is 10.2 Å². The van der Waals surface area contributed by atoms with Crippen LogP contribution in [0.5, 0.6) is 0 Å². The number of nitrogens with one attached hydrogen (secondary N) is 1. The maximum absolute atomic E-state index is 5.38. The van der Waals surface area contributed by atoms with E-state index < -0.39 is 0 Å². The SMILES string of the molecule is COC1CCN(c2ccc(CNC3CC3)cn2)C1. The van der Waals surface area contributed by atoms with Gasteiger partial charge in [0.05, 0.1) is 6.10 Å². The van der Waals surface area contributed by atoms with Gasteiger partial charge in [-0.05, 0) is 30.9 Å². The lowest BCUT2D eigenvalue weighted by atomic mass is 10.2. The van der Waals surface area contributed by atoms with Crippen LogP contribution in [0.3, 0.4) is 0 Å². The molecule has 1 N–H and O–H groups in total. The Morgan fingerprint density at radius 1 is 1.39 bits per heavy atom. The van der Waals surface area contributed by atoms with Crippen LogP contribution in [0.4, 0.5) is 5.82 Å². The summed E-state index contributed by atoms with van der Waals surface area (Å²) in [7, 11) is 1.79. The summed E-state index contributed by atoms with van der Waals surface area (Å²) in [5.41, 5.74) is 1.27. The van der Waals surface area contributed by atoms with Crippen LogP contribution in [0, 0.1) is 0 Å². The minimum absolute atomic E-state index is 0.364. The third-order valence-electron chi connectivity index (χ3n) is 3.78. The number of pyridine rings is 1. The highest BCUT2D eigenvalue weighted by Crippen LogP contribution is 2.21. The van der Waals surface area contributed by atoms with E-state index in [-0.39, 0.29) is 0 Å². The third kappa shape index (κ3) is 2.82. The first-order valence-corrected chi connectivity index (χ1v) is 6.81. The Labute approximate surface area is 108 Å². The number of ether oxygens (including phenoxy) is 1. The van der Waals surface area contributed by atoms with Crippen molar-refractivity contribution in [1.29, 1.82) is 0 Å². The first-order chi connectivity index (χ1) is 8.85. The highest BCUT2D eigenvalue weighted by molar-refractivity contribution is 5.40. The lowest BCUT2D eigenvalue weighted by molar-refractivity contribution is 0.121. The molecule has 0 radical (unpaired) electrons. The molecule has 1 aromatic rings. The molecule has 18 heavy (non-hydrogen) atoms. The average molecular weight is 247 g/mol. The largest absolute Gasteiger partial charge is 0.380 e. The van der Waals surface area contributed by atoms with Gasteiger partial charge in [-0.25, -0.2) is 4.98 Å². The summed E-state index contributed by atoms with van der Waals surface area (Å²) in [4.78, 5) is 6.86. The van der Waals surface area contributed by atoms with Crippen LogP contribution in [0.1, 0.15) is 24.8 Å². The van der Waals surface area contributed by atoms with Crippen molar-refractivity contribution < 1.29 is 4.74 Å². The molecule has 0 bridgehead atoms. The predicted molar refractivity (Wildman–Crippen MR) is 71.7 cm³/mol. The second-order valence-electron chi connectivity index (χ2n) is 5.27. The first kappa shape index (κ1) is 11.9. The van der Waals surface area contributed by atoms with E-state index in [1.54, 1.807) is 7.11 Å². The van der Waals surface area contributed by atoms with E-state index in [0.29, 0.717) is 6.10 Å². The summed E-state index contributed by atoms with van der Waals surface area (Å²) < 4.78 is 5.38. The molecule has 0 spiro atoms. The number of hydrogen-bond acceptors (Lipinski definition) is 4. The summed E-state index contributed by atoms with van der Waals surface area (Å²) in [6.07, 6.45) is 6.12. The van der Waals surface area contributed by atoms with Gasteiger partial charge in [0.15, 0.2) is 0 Å². The fourth-order valence-corrected chi connectivity index (χ4v) is 2.39. The van der Waals surface area contributed by atoms with Gasteiger partial charge in [0, 0.05) is 39.0 Å². The first-order valence-electron chi connectivity index (χ1n) is 6.81. The van der Waals surface area contributed by atoms with E-state index in [9.17, 15) is 0 Å². The molecule has 3 rings (SSSR count). The fourth-order valence-electron chi connectivity index (χ4n) is 2.39. The minimum Gasteiger partial charge on any atom is -0.380 e. The summed E-state index contributed by atoms with van der Waals surface area (Å²) in [6.45, 7) is 2.95. The zero-order valence-corrected chi connectivity index (χ0v) is 10.9. The lowest BCUT2D eigenvalue weighted by Crippen LogP contribution is -2.23. The standard InChI is InChI=1S/C14H21N3O/c1-18-13-6-7-17(10-13)14-5-2-11(9-16-14)8-15-12-3-4-12/h2,5,9,12-13,15H,3-4,6-8,10H2,1H3. The summed E-state index contributed by atoms with van der Waals surface area (Å²) >= 11 is 0. The highest BCUT2D eigenvalue weighted by Gasteiger charge is 2.23. The van der Waals surface area contributed by atoms with Gasteiger partial charge in [-0.1, -0.05) is 6.07 Å². The lowest BCUT2D eigenvalue weighted by Gasteiger charge is -2.17. The Kier molecular flexibility index (Phi) is 3.48. The molecule has 1 aliphatic carbocycles. The molecule has 1 atom stereocenters. The molecule has 4 nitrogen and oxygen atoms in total. The van der Waals surface area contributed by atoms with Crippen molar-refractivity contribution in [2.24, 2.45) is 0 Å². The van der Waals surface area contributed by atoms with E-state index in [4.69, 9.17) is 4.74 Å².